The van der Waals surface area contributed by atoms with Gasteiger partial charge in [-0.15, -0.1) is 0 Å². The molecule has 2 N–H and O–H groups in total. The van der Waals surface area contributed by atoms with Crippen LogP contribution in [0.25, 0.3) is 0 Å². The fourth-order valence-corrected chi connectivity index (χ4v) is 6.04. The zero-order valence-electron chi connectivity index (χ0n) is 23.0. The van der Waals surface area contributed by atoms with E-state index in [1.165, 1.54) is 41.6 Å². The third kappa shape index (κ3) is 5.86. The van der Waals surface area contributed by atoms with E-state index in [1.807, 2.05) is 6.92 Å². The molecule has 0 saturated heterocycles. The number of pyridine rings is 1. The highest BCUT2D eigenvalue weighted by Gasteiger charge is 2.36. The summed E-state index contributed by atoms with van der Waals surface area (Å²) in [5.41, 5.74) is 1.21. The smallest absolute Gasteiger partial charge is 0.258 e. The van der Waals surface area contributed by atoms with E-state index in [4.69, 9.17) is 9.26 Å². The molecular formula is C27H33N5O7S. The maximum atomic E-state index is 13.7. The van der Waals surface area contributed by atoms with Crippen molar-refractivity contribution in [2.45, 2.75) is 44.7 Å². The maximum absolute atomic E-state index is 13.7. The number of benzene rings is 1. The quantitative estimate of drug-likeness (QED) is 0.415. The van der Waals surface area contributed by atoms with Gasteiger partial charge in [-0.1, -0.05) is 12.1 Å². The van der Waals surface area contributed by atoms with Gasteiger partial charge < -0.3 is 24.6 Å². The summed E-state index contributed by atoms with van der Waals surface area (Å²) in [7, 11) is -2.49. The maximum Gasteiger partial charge on any atom is 0.258 e. The molecule has 1 aromatic carbocycles. The Kier molecular flexibility index (Phi) is 8.57. The van der Waals surface area contributed by atoms with Crippen LogP contribution < -0.4 is 10.1 Å². The predicted octanol–water partition coefficient (Wildman–Crippen LogP) is 2.48. The van der Waals surface area contributed by atoms with Crippen molar-refractivity contribution in [3.8, 4) is 5.75 Å². The number of rotatable bonds is 8. The van der Waals surface area contributed by atoms with Gasteiger partial charge in [0.15, 0.2) is 5.76 Å². The van der Waals surface area contributed by atoms with Crippen LogP contribution in [0.15, 0.2) is 52.1 Å². The lowest BCUT2D eigenvalue weighted by atomic mass is 9.99. The van der Waals surface area contributed by atoms with Crippen LogP contribution in [0.4, 0.5) is 5.69 Å². The van der Waals surface area contributed by atoms with Crippen LogP contribution in [0.2, 0.25) is 0 Å². The number of hydrogen-bond acceptors (Lipinski definition) is 9. The summed E-state index contributed by atoms with van der Waals surface area (Å²) in [6, 6.07) is 7.33. The average molecular weight is 572 g/mol. The molecule has 3 aromatic rings. The minimum Gasteiger partial charge on any atom is -0.488 e. The van der Waals surface area contributed by atoms with Crippen molar-refractivity contribution in [2.75, 3.05) is 32.1 Å². The number of anilines is 1. The summed E-state index contributed by atoms with van der Waals surface area (Å²) in [5, 5.41) is 16.4. The Hall–Kier alpha value is -3.81. The van der Waals surface area contributed by atoms with E-state index >= 15 is 0 Å². The number of carbonyl (C=O) groups excluding carboxylic acids is 2. The van der Waals surface area contributed by atoms with Gasteiger partial charge in [0.05, 0.1) is 24.8 Å². The summed E-state index contributed by atoms with van der Waals surface area (Å²) in [6.07, 6.45) is 2.36. The Morgan fingerprint density at radius 2 is 1.95 bits per heavy atom. The van der Waals surface area contributed by atoms with Crippen molar-refractivity contribution in [2.24, 2.45) is 5.92 Å². The van der Waals surface area contributed by atoms with Crippen LogP contribution >= 0.6 is 0 Å². The summed E-state index contributed by atoms with van der Waals surface area (Å²) in [5.74, 6) is -0.629. The minimum atomic E-state index is -3.95. The fraction of sp³-hybridized carbons (Fsp3) is 0.407. The number of carbonyl (C=O) groups is 2. The highest BCUT2D eigenvalue weighted by Crippen LogP contribution is 2.32. The molecule has 0 fully saturated rings. The number of aromatic nitrogens is 2. The second-order valence-electron chi connectivity index (χ2n) is 9.96. The standard InChI is InChI=1S/C27H33N5O7S/c1-16-13-32(17(2)15-33)27(35)22-12-21(29-26(34)20-8-10-28-11-9-20)6-7-23(22)38-24(16)14-31(5)40(36,37)25-18(3)30-39-19(25)4/h6-12,16-17,24,33H,13-15H2,1-5H3,(H,29,34)/t16-,17+,24+/m0/s1. The molecule has 2 amide bonds. The SMILES string of the molecule is Cc1noc(C)c1S(=O)(=O)N(C)C[C@H]1Oc2ccc(NC(=O)c3ccncc3)cc2C(=O)N([C@H](C)CO)C[C@@H]1C. The number of hydrogen-bond donors (Lipinski definition) is 2. The van der Waals surface area contributed by atoms with E-state index in [9.17, 15) is 23.1 Å². The van der Waals surface area contributed by atoms with Crippen molar-refractivity contribution in [1.29, 1.82) is 0 Å². The minimum absolute atomic E-state index is 0.00850. The Balaban J connectivity index is 1.67. The number of nitrogens with zero attached hydrogens (tertiary/aromatic N) is 4. The van der Waals surface area contributed by atoms with Crippen LogP contribution in [0.3, 0.4) is 0 Å². The zero-order chi connectivity index (χ0) is 29.2. The van der Waals surface area contributed by atoms with Crippen LogP contribution in [-0.4, -0.2) is 83.6 Å². The number of amides is 2. The first-order valence-electron chi connectivity index (χ1n) is 12.8. The highest BCUT2D eigenvalue weighted by molar-refractivity contribution is 7.89. The van der Waals surface area contributed by atoms with Crippen LogP contribution in [0, 0.1) is 19.8 Å². The number of aliphatic hydroxyl groups excluding tert-OH is 1. The van der Waals surface area contributed by atoms with Crippen LogP contribution in [0.1, 0.15) is 46.0 Å². The van der Waals surface area contributed by atoms with Gasteiger partial charge in [0, 0.05) is 43.2 Å². The van der Waals surface area contributed by atoms with Crippen molar-refractivity contribution in [1.82, 2.24) is 19.3 Å². The molecule has 40 heavy (non-hydrogen) atoms. The number of likely N-dealkylation sites (N-methyl/N-ethyl adjacent to an activating group) is 1. The molecule has 0 unspecified atom stereocenters. The summed E-state index contributed by atoms with van der Waals surface area (Å²) < 4.78 is 39.3. The average Bonchev–Trinajstić information content (AvgIpc) is 3.29. The molecule has 4 rings (SSSR count). The molecular weight excluding hydrogens is 538 g/mol. The van der Waals surface area contributed by atoms with Crippen molar-refractivity contribution >= 4 is 27.5 Å². The van der Waals surface area contributed by atoms with E-state index in [0.29, 0.717) is 11.3 Å². The van der Waals surface area contributed by atoms with Crippen LogP contribution in [-0.2, 0) is 10.0 Å². The van der Waals surface area contributed by atoms with Gasteiger partial charge in [0.1, 0.15) is 22.4 Å². The number of nitrogens with one attached hydrogen (secondary N) is 1. The molecule has 214 valence electrons. The molecule has 0 aliphatic carbocycles. The molecule has 2 aromatic heterocycles. The highest BCUT2D eigenvalue weighted by atomic mass is 32.2. The second-order valence-corrected chi connectivity index (χ2v) is 11.9. The van der Waals surface area contributed by atoms with E-state index in [-0.39, 0.29) is 65.1 Å². The fourth-order valence-electron chi connectivity index (χ4n) is 4.58. The normalized spacial score (nSPS) is 18.5. The molecule has 3 atom stereocenters. The summed E-state index contributed by atoms with van der Waals surface area (Å²) >= 11 is 0. The molecule has 12 nitrogen and oxygen atoms in total. The van der Waals surface area contributed by atoms with E-state index in [2.05, 4.69) is 15.5 Å². The molecule has 1 aliphatic rings. The predicted molar refractivity (Wildman–Crippen MR) is 146 cm³/mol. The van der Waals surface area contributed by atoms with Crippen molar-refractivity contribution < 1.29 is 32.4 Å². The Morgan fingerprint density at radius 1 is 1.25 bits per heavy atom. The molecule has 1 aliphatic heterocycles. The largest absolute Gasteiger partial charge is 0.488 e. The van der Waals surface area contributed by atoms with Crippen molar-refractivity contribution in [3.63, 3.8) is 0 Å². The van der Waals surface area contributed by atoms with Gasteiger partial charge >= 0.3 is 0 Å². The van der Waals surface area contributed by atoms with Gasteiger partial charge in [0.2, 0.25) is 10.0 Å². The lowest BCUT2D eigenvalue weighted by Crippen LogP contribution is -2.50. The third-order valence-corrected chi connectivity index (χ3v) is 9.01. The number of sulfonamides is 1. The van der Waals surface area contributed by atoms with Gasteiger partial charge in [-0.3, -0.25) is 14.6 Å². The number of fused-ring (bicyclic) bond motifs is 1. The van der Waals surface area contributed by atoms with Crippen molar-refractivity contribution in [3.05, 3.63) is 65.3 Å². The molecule has 0 bridgehead atoms. The van der Waals surface area contributed by atoms with Gasteiger partial charge in [-0.25, -0.2) is 8.42 Å². The molecule has 3 heterocycles. The summed E-state index contributed by atoms with van der Waals surface area (Å²) in [6.45, 7) is 6.60. The molecule has 13 heteroatoms. The zero-order valence-corrected chi connectivity index (χ0v) is 23.8. The number of aliphatic hydroxyl groups is 1. The second kappa shape index (κ2) is 11.7. The first-order valence-corrected chi connectivity index (χ1v) is 14.2. The van der Waals surface area contributed by atoms with Gasteiger partial charge in [-0.05, 0) is 51.1 Å². The molecule has 0 spiro atoms. The lowest BCUT2D eigenvalue weighted by Gasteiger charge is -2.38. The Morgan fingerprint density at radius 3 is 2.58 bits per heavy atom. The molecule has 0 radical (unpaired) electrons. The monoisotopic (exact) mass is 571 g/mol. The third-order valence-electron chi connectivity index (χ3n) is 6.94. The van der Waals surface area contributed by atoms with Gasteiger partial charge in [0.25, 0.3) is 11.8 Å². The lowest BCUT2D eigenvalue weighted by molar-refractivity contribution is 0.0387. The Labute approximate surface area is 233 Å². The topological polar surface area (TPSA) is 155 Å². The first kappa shape index (κ1) is 29.2. The van der Waals surface area contributed by atoms with Gasteiger partial charge in [-0.2, -0.15) is 4.31 Å². The number of ether oxygens (including phenoxy) is 1. The first-order chi connectivity index (χ1) is 18.9. The van der Waals surface area contributed by atoms with E-state index in [1.54, 1.807) is 38.1 Å². The van der Waals surface area contributed by atoms with E-state index < -0.39 is 22.2 Å². The number of aryl methyl sites for hydroxylation is 2. The summed E-state index contributed by atoms with van der Waals surface area (Å²) in [4.78, 5) is 31.8. The van der Waals surface area contributed by atoms with E-state index in [0.717, 1.165) is 0 Å². The van der Waals surface area contributed by atoms with Crippen LogP contribution in [0.5, 0.6) is 5.75 Å². The Bertz CT molecular complexity index is 1470. The molecule has 0 saturated carbocycles.